The number of hydrogen-bond donors (Lipinski definition) is 1. The van der Waals surface area contributed by atoms with Gasteiger partial charge in [0.1, 0.15) is 5.15 Å². The first-order valence-electron chi connectivity index (χ1n) is 7.46. The van der Waals surface area contributed by atoms with Crippen LogP contribution < -0.4 is 5.32 Å². The third-order valence-corrected chi connectivity index (χ3v) is 4.88. The lowest BCUT2D eigenvalue weighted by Gasteiger charge is -2.39. The summed E-state index contributed by atoms with van der Waals surface area (Å²) in [4.78, 5) is 18.5. The molecule has 114 valence electrons. The molecule has 4 nitrogen and oxygen atoms in total. The van der Waals surface area contributed by atoms with Gasteiger partial charge in [0.25, 0.3) is 0 Å². The molecule has 2 amide bonds. The smallest absolute Gasteiger partial charge is 0.321 e. The van der Waals surface area contributed by atoms with Crippen LogP contribution in [0.1, 0.15) is 40.0 Å². The summed E-state index contributed by atoms with van der Waals surface area (Å²) in [7, 11) is 0. The number of likely N-dealkylation sites (tertiary alicyclic amines) is 1. The number of amides is 2. The van der Waals surface area contributed by atoms with E-state index in [1.807, 2.05) is 4.90 Å². The fraction of sp³-hybridized carbons (Fsp3) is 0.625. The number of aromatic nitrogens is 1. The van der Waals surface area contributed by atoms with Crippen LogP contribution in [-0.4, -0.2) is 28.5 Å². The summed E-state index contributed by atoms with van der Waals surface area (Å²) in [5.74, 6) is 0. The molecule has 1 N–H and O–H groups in total. The predicted molar refractivity (Wildman–Crippen MR) is 84.5 cm³/mol. The SMILES string of the molecule is CC1(C)CC2CC(C)(CN2C(=O)Nc2ccc(Cl)nc2)C1. The summed E-state index contributed by atoms with van der Waals surface area (Å²) < 4.78 is 0. The number of carbonyl (C=O) groups is 1. The first kappa shape index (κ1) is 14.6. The first-order chi connectivity index (χ1) is 9.76. The van der Waals surface area contributed by atoms with Gasteiger partial charge in [0.15, 0.2) is 0 Å². The van der Waals surface area contributed by atoms with Crippen LogP contribution in [-0.2, 0) is 0 Å². The van der Waals surface area contributed by atoms with Gasteiger partial charge in [0.05, 0.1) is 11.9 Å². The molecule has 1 aliphatic heterocycles. The van der Waals surface area contributed by atoms with Crippen molar-refractivity contribution in [1.82, 2.24) is 9.88 Å². The summed E-state index contributed by atoms with van der Waals surface area (Å²) in [6.07, 6.45) is 4.97. The van der Waals surface area contributed by atoms with Gasteiger partial charge in [-0.2, -0.15) is 0 Å². The van der Waals surface area contributed by atoms with E-state index in [1.54, 1.807) is 18.3 Å². The number of anilines is 1. The van der Waals surface area contributed by atoms with Crippen LogP contribution >= 0.6 is 11.6 Å². The molecule has 0 spiro atoms. The molecule has 2 fully saturated rings. The van der Waals surface area contributed by atoms with E-state index in [9.17, 15) is 4.79 Å². The Morgan fingerprint density at radius 1 is 1.38 bits per heavy atom. The molecular weight excluding hydrogens is 286 g/mol. The number of urea groups is 1. The highest BCUT2D eigenvalue weighted by molar-refractivity contribution is 6.29. The number of nitrogens with zero attached hydrogens (tertiary/aromatic N) is 2. The minimum atomic E-state index is -0.0226. The Morgan fingerprint density at radius 3 is 2.81 bits per heavy atom. The fourth-order valence-electron chi connectivity index (χ4n) is 4.34. The molecule has 2 bridgehead atoms. The fourth-order valence-corrected chi connectivity index (χ4v) is 4.45. The van der Waals surface area contributed by atoms with Crippen molar-refractivity contribution in [2.75, 3.05) is 11.9 Å². The molecule has 0 aromatic carbocycles. The molecule has 2 atom stereocenters. The second-order valence-corrected chi connectivity index (χ2v) is 8.03. The molecule has 1 aromatic rings. The maximum absolute atomic E-state index is 12.5. The summed E-state index contributed by atoms with van der Waals surface area (Å²) in [5.41, 5.74) is 1.26. The topological polar surface area (TPSA) is 45.2 Å². The van der Waals surface area contributed by atoms with Gasteiger partial charge in [-0.1, -0.05) is 32.4 Å². The van der Waals surface area contributed by atoms with E-state index in [0.29, 0.717) is 22.3 Å². The third-order valence-electron chi connectivity index (χ3n) is 4.65. The molecule has 2 heterocycles. The number of rotatable bonds is 1. The van der Waals surface area contributed by atoms with E-state index in [1.165, 1.54) is 6.42 Å². The molecular formula is C16H22ClN3O. The van der Waals surface area contributed by atoms with Crippen molar-refractivity contribution >= 4 is 23.3 Å². The predicted octanol–water partition coefficient (Wildman–Crippen LogP) is 4.17. The molecule has 1 saturated carbocycles. The molecule has 2 unspecified atom stereocenters. The zero-order valence-electron chi connectivity index (χ0n) is 12.8. The summed E-state index contributed by atoms with van der Waals surface area (Å²) in [5, 5.41) is 3.36. The zero-order valence-corrected chi connectivity index (χ0v) is 13.6. The van der Waals surface area contributed by atoms with Gasteiger partial charge in [-0.3, -0.25) is 0 Å². The Bertz CT molecular complexity index is 557. The van der Waals surface area contributed by atoms with Gasteiger partial charge >= 0.3 is 6.03 Å². The molecule has 1 saturated heterocycles. The lowest BCUT2D eigenvalue weighted by atomic mass is 9.65. The Balaban J connectivity index is 1.73. The van der Waals surface area contributed by atoms with Gasteiger partial charge in [-0.15, -0.1) is 0 Å². The van der Waals surface area contributed by atoms with Crippen molar-refractivity contribution in [3.63, 3.8) is 0 Å². The normalized spacial score (nSPS) is 30.3. The van der Waals surface area contributed by atoms with Gasteiger partial charge < -0.3 is 10.2 Å². The van der Waals surface area contributed by atoms with Crippen LogP contribution in [0.15, 0.2) is 18.3 Å². The molecule has 2 aliphatic rings. The van der Waals surface area contributed by atoms with Gasteiger partial charge in [-0.25, -0.2) is 9.78 Å². The number of halogens is 1. The van der Waals surface area contributed by atoms with E-state index in [0.717, 1.165) is 19.4 Å². The Hall–Kier alpha value is -1.29. The van der Waals surface area contributed by atoms with Crippen LogP contribution in [0.25, 0.3) is 0 Å². The second-order valence-electron chi connectivity index (χ2n) is 7.64. The first-order valence-corrected chi connectivity index (χ1v) is 7.83. The van der Waals surface area contributed by atoms with Crippen LogP contribution in [0.3, 0.4) is 0 Å². The molecule has 3 rings (SSSR count). The number of hydrogen-bond acceptors (Lipinski definition) is 2. The minimum Gasteiger partial charge on any atom is -0.321 e. The zero-order chi connectivity index (χ0) is 15.3. The average Bonchev–Trinajstić information content (AvgIpc) is 2.61. The van der Waals surface area contributed by atoms with E-state index < -0.39 is 0 Å². The van der Waals surface area contributed by atoms with Crippen molar-refractivity contribution in [3.8, 4) is 0 Å². The standard InChI is InChI=1S/C16H22ClN3O/c1-15(2)6-12-7-16(3,9-15)10-20(12)14(21)19-11-4-5-13(17)18-8-11/h4-5,8,12H,6-7,9-10H2,1-3H3,(H,19,21). The molecule has 0 radical (unpaired) electrons. The van der Waals surface area contributed by atoms with E-state index in [2.05, 4.69) is 31.1 Å². The van der Waals surface area contributed by atoms with E-state index >= 15 is 0 Å². The monoisotopic (exact) mass is 307 g/mol. The Kier molecular flexibility index (Phi) is 3.40. The lowest BCUT2D eigenvalue weighted by molar-refractivity contribution is 0.130. The van der Waals surface area contributed by atoms with Gasteiger partial charge in [0.2, 0.25) is 0 Å². The van der Waals surface area contributed by atoms with E-state index in [-0.39, 0.29) is 11.4 Å². The van der Waals surface area contributed by atoms with Crippen LogP contribution in [0.4, 0.5) is 10.5 Å². The number of pyridine rings is 1. The Labute approximate surface area is 130 Å². The minimum absolute atomic E-state index is 0.0226. The highest BCUT2D eigenvalue weighted by Gasteiger charge is 2.50. The lowest BCUT2D eigenvalue weighted by Crippen LogP contribution is -2.40. The summed E-state index contributed by atoms with van der Waals surface area (Å²) in [6, 6.07) is 3.79. The quantitative estimate of drug-likeness (QED) is 0.792. The molecule has 1 aliphatic carbocycles. The number of carbonyl (C=O) groups excluding carboxylic acids is 1. The number of fused-ring (bicyclic) bond motifs is 2. The second kappa shape index (κ2) is 4.87. The van der Waals surface area contributed by atoms with Gasteiger partial charge in [0, 0.05) is 12.6 Å². The van der Waals surface area contributed by atoms with Crippen LogP contribution in [0.5, 0.6) is 0 Å². The maximum Gasteiger partial charge on any atom is 0.322 e. The maximum atomic E-state index is 12.5. The van der Waals surface area contributed by atoms with Crippen molar-refractivity contribution in [3.05, 3.63) is 23.5 Å². The van der Waals surface area contributed by atoms with Crippen molar-refractivity contribution in [2.45, 2.75) is 46.1 Å². The third kappa shape index (κ3) is 3.00. The van der Waals surface area contributed by atoms with Crippen LogP contribution in [0, 0.1) is 10.8 Å². The Morgan fingerprint density at radius 2 is 2.14 bits per heavy atom. The van der Waals surface area contributed by atoms with Gasteiger partial charge in [-0.05, 0) is 42.2 Å². The summed E-state index contributed by atoms with van der Waals surface area (Å²) >= 11 is 5.76. The summed E-state index contributed by atoms with van der Waals surface area (Å²) in [6.45, 7) is 7.76. The van der Waals surface area contributed by atoms with Crippen molar-refractivity contribution in [1.29, 1.82) is 0 Å². The molecule has 5 heteroatoms. The molecule has 21 heavy (non-hydrogen) atoms. The van der Waals surface area contributed by atoms with Crippen molar-refractivity contribution < 1.29 is 4.79 Å². The highest BCUT2D eigenvalue weighted by atomic mass is 35.5. The largest absolute Gasteiger partial charge is 0.322 e. The number of nitrogens with one attached hydrogen (secondary N) is 1. The molecule has 1 aromatic heterocycles. The van der Waals surface area contributed by atoms with Crippen LogP contribution in [0.2, 0.25) is 5.15 Å². The van der Waals surface area contributed by atoms with E-state index in [4.69, 9.17) is 11.6 Å². The average molecular weight is 308 g/mol. The highest BCUT2D eigenvalue weighted by Crippen LogP contribution is 2.52. The van der Waals surface area contributed by atoms with Crippen molar-refractivity contribution in [2.24, 2.45) is 10.8 Å².